The van der Waals surface area contributed by atoms with E-state index in [-0.39, 0.29) is 0 Å². The van der Waals surface area contributed by atoms with Crippen molar-refractivity contribution in [2.75, 3.05) is 6.61 Å². The van der Waals surface area contributed by atoms with Crippen LogP contribution in [-0.4, -0.2) is 17.9 Å². The van der Waals surface area contributed by atoms with Crippen LogP contribution in [0.25, 0.3) is 0 Å². The van der Waals surface area contributed by atoms with E-state index in [0.29, 0.717) is 12.0 Å². The Bertz CT molecular complexity index is 282. The van der Waals surface area contributed by atoms with Gasteiger partial charge in [-0.2, -0.15) is 0 Å². The van der Waals surface area contributed by atoms with Gasteiger partial charge in [0.25, 0.3) is 0 Å². The molecule has 0 unspecified atom stereocenters. The molecule has 14 heavy (non-hydrogen) atoms. The maximum Gasteiger partial charge on any atom is 0.144 e. The second-order valence-electron chi connectivity index (χ2n) is 3.29. The van der Waals surface area contributed by atoms with Crippen molar-refractivity contribution in [1.29, 1.82) is 0 Å². The number of hydrogen-bond acceptors (Lipinski definition) is 1. The van der Waals surface area contributed by atoms with Crippen LogP contribution in [-0.2, 0) is 6.42 Å². The Morgan fingerprint density at radius 2 is 2.00 bits per heavy atom. The van der Waals surface area contributed by atoms with E-state index < -0.39 is 12.8 Å². The number of halogens is 1. The fourth-order valence-corrected chi connectivity index (χ4v) is 1.24. The molecule has 0 amide bonds. The van der Waals surface area contributed by atoms with Crippen molar-refractivity contribution in [3.8, 4) is 0 Å². The van der Waals surface area contributed by atoms with E-state index >= 15 is 0 Å². The maximum atomic E-state index is 12.9. The third kappa shape index (κ3) is 3.30. The third-order valence-corrected chi connectivity index (χ3v) is 2.18. The standard InChI is InChI=1S/C12H15FO/c1-10(12(13)9-14)7-8-11-5-3-2-4-6-11/h2-6,12,14H,1,7-9H2/t12-/m1/s1. The van der Waals surface area contributed by atoms with E-state index in [0.717, 1.165) is 6.42 Å². The molecule has 2 heteroatoms. The minimum atomic E-state index is -1.28. The monoisotopic (exact) mass is 194 g/mol. The molecule has 0 aliphatic carbocycles. The molecule has 0 saturated heterocycles. The summed E-state index contributed by atoms with van der Waals surface area (Å²) in [5.74, 6) is 0. The molecule has 0 spiro atoms. The van der Waals surface area contributed by atoms with Crippen LogP contribution >= 0.6 is 0 Å². The van der Waals surface area contributed by atoms with Crippen molar-refractivity contribution < 1.29 is 9.50 Å². The van der Waals surface area contributed by atoms with Gasteiger partial charge in [-0.25, -0.2) is 4.39 Å². The molecule has 1 aromatic carbocycles. The second-order valence-corrected chi connectivity index (χ2v) is 3.29. The summed E-state index contributed by atoms with van der Waals surface area (Å²) < 4.78 is 12.9. The average molecular weight is 194 g/mol. The summed E-state index contributed by atoms with van der Waals surface area (Å²) >= 11 is 0. The molecule has 0 radical (unpaired) electrons. The lowest BCUT2D eigenvalue weighted by atomic mass is 10.0. The van der Waals surface area contributed by atoms with Gasteiger partial charge in [0, 0.05) is 0 Å². The van der Waals surface area contributed by atoms with E-state index in [9.17, 15) is 4.39 Å². The van der Waals surface area contributed by atoms with Crippen molar-refractivity contribution in [2.45, 2.75) is 19.0 Å². The van der Waals surface area contributed by atoms with Crippen LogP contribution in [0.2, 0.25) is 0 Å². The van der Waals surface area contributed by atoms with Gasteiger partial charge in [-0.1, -0.05) is 36.9 Å². The van der Waals surface area contributed by atoms with E-state index in [1.54, 1.807) is 0 Å². The molecule has 0 aromatic heterocycles. The smallest absolute Gasteiger partial charge is 0.144 e. The molecule has 76 valence electrons. The summed E-state index contributed by atoms with van der Waals surface area (Å²) in [4.78, 5) is 0. The first-order valence-electron chi connectivity index (χ1n) is 4.70. The molecule has 0 fully saturated rings. The zero-order valence-electron chi connectivity index (χ0n) is 8.12. The van der Waals surface area contributed by atoms with Gasteiger partial charge in [0.05, 0.1) is 6.61 Å². The van der Waals surface area contributed by atoms with Crippen LogP contribution in [0.1, 0.15) is 12.0 Å². The van der Waals surface area contributed by atoms with E-state index in [1.165, 1.54) is 5.56 Å². The van der Waals surface area contributed by atoms with Gasteiger partial charge in [0.15, 0.2) is 0 Å². The van der Waals surface area contributed by atoms with E-state index in [2.05, 4.69) is 6.58 Å². The lowest BCUT2D eigenvalue weighted by Crippen LogP contribution is -2.09. The Kier molecular flexibility index (Phi) is 4.33. The van der Waals surface area contributed by atoms with Crippen molar-refractivity contribution in [3.63, 3.8) is 0 Å². The molecule has 1 nitrogen and oxygen atoms in total. The van der Waals surface area contributed by atoms with Gasteiger partial charge in [-0.3, -0.25) is 0 Å². The van der Waals surface area contributed by atoms with Crippen LogP contribution in [0.3, 0.4) is 0 Å². The minimum absolute atomic E-state index is 0.465. The van der Waals surface area contributed by atoms with Crippen molar-refractivity contribution in [2.24, 2.45) is 0 Å². The number of benzene rings is 1. The van der Waals surface area contributed by atoms with Gasteiger partial charge in [0.1, 0.15) is 6.17 Å². The zero-order valence-corrected chi connectivity index (χ0v) is 8.12. The predicted molar refractivity (Wildman–Crippen MR) is 55.9 cm³/mol. The molecule has 0 aliphatic rings. The lowest BCUT2D eigenvalue weighted by Gasteiger charge is -2.08. The van der Waals surface area contributed by atoms with Gasteiger partial charge >= 0.3 is 0 Å². The molecule has 0 bridgehead atoms. The highest BCUT2D eigenvalue weighted by Crippen LogP contribution is 2.12. The highest BCUT2D eigenvalue weighted by molar-refractivity contribution is 5.16. The average Bonchev–Trinajstić information content (AvgIpc) is 2.26. The molecule has 1 rings (SSSR count). The molecule has 1 atom stereocenters. The number of aliphatic hydroxyl groups is 1. The Morgan fingerprint density at radius 3 is 2.57 bits per heavy atom. The molecule has 1 aromatic rings. The quantitative estimate of drug-likeness (QED) is 0.714. The fraction of sp³-hybridized carbons (Fsp3) is 0.333. The normalized spacial score (nSPS) is 12.4. The molecule has 0 saturated carbocycles. The predicted octanol–water partition coefficient (Wildman–Crippen LogP) is 2.51. The van der Waals surface area contributed by atoms with E-state index in [4.69, 9.17) is 5.11 Å². The summed E-state index contributed by atoms with van der Waals surface area (Å²) in [6.07, 6.45) is 0.0879. The first kappa shape index (κ1) is 10.9. The first-order valence-corrected chi connectivity index (χ1v) is 4.70. The lowest BCUT2D eigenvalue weighted by molar-refractivity contribution is 0.199. The zero-order chi connectivity index (χ0) is 10.4. The van der Waals surface area contributed by atoms with Gasteiger partial charge < -0.3 is 5.11 Å². The van der Waals surface area contributed by atoms with Gasteiger partial charge in [0.2, 0.25) is 0 Å². The Morgan fingerprint density at radius 1 is 1.36 bits per heavy atom. The Labute approximate surface area is 83.9 Å². The van der Waals surface area contributed by atoms with Crippen LogP contribution in [0, 0.1) is 0 Å². The van der Waals surface area contributed by atoms with Crippen LogP contribution in [0.15, 0.2) is 42.5 Å². The molecular weight excluding hydrogens is 179 g/mol. The van der Waals surface area contributed by atoms with Crippen LogP contribution in [0.4, 0.5) is 4.39 Å². The molecule has 0 heterocycles. The topological polar surface area (TPSA) is 20.2 Å². The molecule has 1 N–H and O–H groups in total. The fourth-order valence-electron chi connectivity index (χ4n) is 1.24. The number of alkyl halides is 1. The highest BCUT2D eigenvalue weighted by Gasteiger charge is 2.08. The SMILES string of the molecule is C=C(CCc1ccccc1)[C@H](F)CO. The van der Waals surface area contributed by atoms with E-state index in [1.807, 2.05) is 30.3 Å². The number of rotatable bonds is 5. The summed E-state index contributed by atoms with van der Waals surface area (Å²) in [6.45, 7) is 3.14. The third-order valence-electron chi connectivity index (χ3n) is 2.18. The summed E-state index contributed by atoms with van der Waals surface area (Å²) in [5.41, 5.74) is 1.63. The Hall–Kier alpha value is -1.15. The minimum Gasteiger partial charge on any atom is -0.393 e. The second kappa shape index (κ2) is 5.55. The number of aryl methyl sites for hydroxylation is 1. The summed E-state index contributed by atoms with van der Waals surface area (Å²) in [5, 5.41) is 8.57. The molecule has 0 aliphatic heterocycles. The van der Waals surface area contributed by atoms with Crippen LogP contribution < -0.4 is 0 Å². The first-order chi connectivity index (χ1) is 6.74. The van der Waals surface area contributed by atoms with Crippen molar-refractivity contribution >= 4 is 0 Å². The van der Waals surface area contributed by atoms with Crippen molar-refractivity contribution in [3.05, 3.63) is 48.0 Å². The van der Waals surface area contributed by atoms with Crippen LogP contribution in [0.5, 0.6) is 0 Å². The maximum absolute atomic E-state index is 12.9. The number of aliphatic hydroxyl groups excluding tert-OH is 1. The Balaban J connectivity index is 2.38. The van der Waals surface area contributed by atoms with Gasteiger partial charge in [-0.15, -0.1) is 0 Å². The summed E-state index contributed by atoms with van der Waals surface area (Å²) in [7, 11) is 0. The number of hydrogen-bond donors (Lipinski definition) is 1. The highest BCUT2D eigenvalue weighted by atomic mass is 19.1. The van der Waals surface area contributed by atoms with Gasteiger partial charge in [-0.05, 0) is 24.0 Å². The largest absolute Gasteiger partial charge is 0.393 e. The van der Waals surface area contributed by atoms with Crippen molar-refractivity contribution in [1.82, 2.24) is 0 Å². The summed E-state index contributed by atoms with van der Waals surface area (Å²) in [6, 6.07) is 9.86. The molecular formula is C12H15FO.